The summed E-state index contributed by atoms with van der Waals surface area (Å²) in [6, 6.07) is 0. The van der Waals surface area contributed by atoms with E-state index in [1.807, 2.05) is 0 Å². The number of carbonyl (C=O) groups is 2. The Bertz CT molecular complexity index is 913. The molecule has 232 valence electrons. The first-order valence-corrected chi connectivity index (χ1v) is 9.58. The number of hydrogen-bond donors (Lipinski definition) is 1. The molecular formula is C17H17F17NO4+. The van der Waals surface area contributed by atoms with Crippen LogP contribution in [0.4, 0.5) is 74.6 Å². The van der Waals surface area contributed by atoms with Crippen molar-refractivity contribution in [3.63, 3.8) is 0 Å². The molecule has 22 heteroatoms. The molecule has 5 nitrogen and oxygen atoms in total. The number of carbonyl (C=O) groups excluding carboxylic acids is 1. The summed E-state index contributed by atoms with van der Waals surface area (Å²) in [5, 5.41) is 8.72. The normalized spacial score (nSPS) is 16.2. The minimum Gasteiger partial charge on any atom is -0.477 e. The Kier molecular flexibility index (Phi) is 9.67. The van der Waals surface area contributed by atoms with Gasteiger partial charge in [-0.1, -0.05) is 0 Å². The van der Waals surface area contributed by atoms with Gasteiger partial charge < -0.3 is 14.3 Å². The highest BCUT2D eigenvalue weighted by Gasteiger charge is 2.95. The number of likely N-dealkylation sites (N-methyl/N-ethyl adjacent to an activating group) is 1. The van der Waals surface area contributed by atoms with Gasteiger partial charge in [0.05, 0.1) is 20.5 Å². The van der Waals surface area contributed by atoms with Crippen molar-refractivity contribution in [2.45, 2.75) is 67.1 Å². The molecule has 1 unspecified atom stereocenters. The van der Waals surface area contributed by atoms with Crippen LogP contribution in [-0.2, 0) is 14.3 Å². The molecule has 0 aromatic carbocycles. The number of nitrogens with zero attached hydrogens (tertiary/aromatic N) is 1. The van der Waals surface area contributed by atoms with Crippen LogP contribution in [0.15, 0.2) is 0 Å². The molecule has 0 rings (SSSR count). The average Bonchev–Trinajstić information content (AvgIpc) is 2.63. The van der Waals surface area contributed by atoms with E-state index in [9.17, 15) is 84.2 Å². The molecule has 1 N–H and O–H groups in total. The van der Waals surface area contributed by atoms with E-state index in [2.05, 4.69) is 4.74 Å². The van der Waals surface area contributed by atoms with Crippen molar-refractivity contribution in [1.82, 2.24) is 0 Å². The summed E-state index contributed by atoms with van der Waals surface area (Å²) in [5.41, 5.74) is 0. The molecule has 1 atom stereocenters. The maximum atomic E-state index is 14.2. The van der Waals surface area contributed by atoms with Gasteiger partial charge in [-0.3, -0.25) is 4.79 Å². The predicted octanol–water partition coefficient (Wildman–Crippen LogP) is 5.48. The monoisotopic (exact) mass is 622 g/mol. The smallest absolute Gasteiger partial charge is 0.460 e. The fourth-order valence-corrected chi connectivity index (χ4v) is 2.97. The van der Waals surface area contributed by atoms with Gasteiger partial charge in [-0.25, -0.2) is 4.79 Å². The SMILES string of the molecule is CC(=O)OC(CC(F)(F)C(F)(F)C(F)(F)C(F)(F)C(F)(F)C(F)(F)C(F)(F)C(F)(F)F)C[N+](C)(C)CC(=O)O. The zero-order valence-electron chi connectivity index (χ0n) is 19.2. The third-order valence-corrected chi connectivity index (χ3v) is 4.86. The first kappa shape index (κ1) is 36.7. The van der Waals surface area contributed by atoms with Crippen molar-refractivity contribution in [2.75, 3.05) is 27.2 Å². The maximum absolute atomic E-state index is 14.2. The third-order valence-electron chi connectivity index (χ3n) is 4.86. The van der Waals surface area contributed by atoms with E-state index < -0.39 is 89.7 Å². The van der Waals surface area contributed by atoms with Gasteiger partial charge in [-0.05, 0) is 0 Å². The largest absolute Gasteiger partial charge is 0.477 e. The summed E-state index contributed by atoms with van der Waals surface area (Å²) in [5.74, 6) is -60.9. The number of rotatable bonds is 13. The quantitative estimate of drug-likeness (QED) is 0.168. The second kappa shape index (κ2) is 10.3. The molecule has 0 aromatic rings. The van der Waals surface area contributed by atoms with E-state index >= 15 is 0 Å². The summed E-state index contributed by atoms with van der Waals surface area (Å²) in [7, 11) is 1.68. The van der Waals surface area contributed by atoms with Crippen LogP contribution in [0.5, 0.6) is 0 Å². The summed E-state index contributed by atoms with van der Waals surface area (Å²) in [6.07, 6.45) is -13.7. The molecule has 0 spiro atoms. The molecule has 0 aliphatic rings. The maximum Gasteiger partial charge on any atom is 0.460 e. The van der Waals surface area contributed by atoms with E-state index in [0.717, 1.165) is 14.1 Å². The number of halogens is 17. The van der Waals surface area contributed by atoms with Crippen LogP contribution in [0.1, 0.15) is 13.3 Å². The van der Waals surface area contributed by atoms with Gasteiger partial charge in [0.15, 0.2) is 12.6 Å². The first-order valence-electron chi connectivity index (χ1n) is 9.58. The van der Waals surface area contributed by atoms with Gasteiger partial charge in [0.25, 0.3) is 0 Å². The van der Waals surface area contributed by atoms with Crippen LogP contribution >= 0.6 is 0 Å². The van der Waals surface area contributed by atoms with Gasteiger partial charge in [0, 0.05) is 6.92 Å². The van der Waals surface area contributed by atoms with Crippen molar-refractivity contribution in [1.29, 1.82) is 0 Å². The molecule has 0 aliphatic heterocycles. The lowest BCUT2D eigenvalue weighted by Gasteiger charge is -2.43. The molecule has 39 heavy (non-hydrogen) atoms. The zero-order valence-corrected chi connectivity index (χ0v) is 19.2. The highest BCUT2D eigenvalue weighted by atomic mass is 19.4. The van der Waals surface area contributed by atoms with Gasteiger partial charge in [0.1, 0.15) is 6.54 Å². The van der Waals surface area contributed by atoms with Gasteiger partial charge in [0.2, 0.25) is 0 Å². The summed E-state index contributed by atoms with van der Waals surface area (Å²) in [4.78, 5) is 21.9. The zero-order chi connectivity index (χ0) is 32.1. The Balaban J connectivity index is 6.71. The lowest BCUT2D eigenvalue weighted by Crippen LogP contribution is -2.74. The summed E-state index contributed by atoms with van der Waals surface area (Å²) in [6.45, 7) is -1.96. The van der Waals surface area contributed by atoms with E-state index in [1.54, 1.807) is 0 Å². The van der Waals surface area contributed by atoms with Crippen LogP contribution in [0.25, 0.3) is 0 Å². The van der Waals surface area contributed by atoms with Crippen LogP contribution in [0.2, 0.25) is 0 Å². The number of hydrogen-bond acceptors (Lipinski definition) is 3. The number of aliphatic carboxylic acids is 1. The lowest BCUT2D eigenvalue weighted by molar-refractivity contribution is -0.886. The molecule has 0 fully saturated rings. The van der Waals surface area contributed by atoms with Crippen LogP contribution in [0.3, 0.4) is 0 Å². The predicted molar refractivity (Wildman–Crippen MR) is 90.3 cm³/mol. The molecule has 0 saturated carbocycles. The molecular weight excluding hydrogens is 605 g/mol. The number of carboxylic acids is 1. The topological polar surface area (TPSA) is 63.6 Å². The molecule has 0 amide bonds. The highest BCUT2D eigenvalue weighted by Crippen LogP contribution is 2.64. The Labute approximate surface area is 206 Å². The van der Waals surface area contributed by atoms with Crippen LogP contribution in [0, 0.1) is 0 Å². The number of ether oxygens (including phenoxy) is 1. The lowest BCUT2D eigenvalue weighted by atomic mass is 9.87. The number of quaternary nitrogens is 1. The fourth-order valence-electron chi connectivity index (χ4n) is 2.97. The highest BCUT2D eigenvalue weighted by molar-refractivity contribution is 5.68. The Morgan fingerprint density at radius 2 is 1.00 bits per heavy atom. The van der Waals surface area contributed by atoms with Crippen molar-refractivity contribution in [3.8, 4) is 0 Å². The Morgan fingerprint density at radius 1 is 0.667 bits per heavy atom. The molecule has 0 saturated heterocycles. The number of esters is 1. The van der Waals surface area contributed by atoms with Crippen molar-refractivity contribution < 1.29 is 98.6 Å². The van der Waals surface area contributed by atoms with Crippen molar-refractivity contribution >= 4 is 11.9 Å². The average molecular weight is 622 g/mol. The van der Waals surface area contributed by atoms with E-state index in [0.29, 0.717) is 6.92 Å². The Morgan fingerprint density at radius 3 is 1.31 bits per heavy atom. The minimum absolute atomic E-state index is 0.396. The van der Waals surface area contributed by atoms with Gasteiger partial charge in [-0.2, -0.15) is 74.6 Å². The van der Waals surface area contributed by atoms with Crippen LogP contribution < -0.4 is 0 Å². The molecule has 0 radical (unpaired) electrons. The number of carboxylic acid groups (broad SMARTS) is 1. The van der Waals surface area contributed by atoms with Crippen molar-refractivity contribution in [2.24, 2.45) is 0 Å². The standard InChI is InChI=1S/C17H16F17NO4/c1-7(36)39-8(5-35(2,3)6-9(37)38)4-10(18,19)11(20,21)12(22,23)13(24,25)14(26,27)15(28,29)16(30,31)17(32,33)34/h8H,4-6H2,1-3H3/p+1. The molecule has 0 bridgehead atoms. The minimum atomic E-state index is -8.75. The first-order chi connectivity index (χ1) is 16.7. The molecule has 0 aliphatic carbocycles. The van der Waals surface area contributed by atoms with Gasteiger partial charge in [-0.15, -0.1) is 0 Å². The van der Waals surface area contributed by atoms with Crippen LogP contribution in [-0.4, -0.2) is 102 Å². The number of alkyl halides is 17. The summed E-state index contributed by atoms with van der Waals surface area (Å²) >= 11 is 0. The van der Waals surface area contributed by atoms with E-state index in [-0.39, 0.29) is 0 Å². The van der Waals surface area contributed by atoms with E-state index in [4.69, 9.17) is 5.11 Å². The second-order valence-corrected chi connectivity index (χ2v) is 8.75. The molecule has 0 heterocycles. The van der Waals surface area contributed by atoms with Gasteiger partial charge >= 0.3 is 59.6 Å². The second-order valence-electron chi connectivity index (χ2n) is 8.75. The van der Waals surface area contributed by atoms with E-state index in [1.165, 1.54) is 0 Å². The van der Waals surface area contributed by atoms with Crippen molar-refractivity contribution in [3.05, 3.63) is 0 Å². The third kappa shape index (κ3) is 6.39. The molecule has 0 aromatic heterocycles. The summed E-state index contributed by atoms with van der Waals surface area (Å²) < 4.78 is 230. The fraction of sp³-hybridized carbons (Fsp3) is 0.882. The Hall–Kier alpha value is -2.29.